The highest BCUT2D eigenvalue weighted by Gasteiger charge is 2.73. The van der Waals surface area contributed by atoms with Crippen molar-refractivity contribution in [3.63, 3.8) is 0 Å². The SMILES string of the molecule is CC[C@H](CC[C@@H](C)[C@H]1CCC2=C3CC[C@H]4C5=C(CC[C@]4(C)[C@H]3CC[C@@]21C)O[C@@]1(C)C(=O)CC[C@]2(C)[C@H]3CC[C@@]4(C)C(=C3CC[C@]12C5)CC[C@@H]4[C@H](C)CC[C@@H](CC)C(C)C)C(C)C. The van der Waals surface area contributed by atoms with Gasteiger partial charge in [-0.1, -0.05) is 131 Å². The molecule has 2 heteroatoms. The van der Waals surface area contributed by atoms with E-state index in [-0.39, 0.29) is 10.8 Å². The number of allylic oxidation sites excluding steroid dienone is 6. The number of fused-ring (bicyclic) bond motifs is 8. The van der Waals surface area contributed by atoms with Gasteiger partial charge in [0.05, 0.1) is 5.76 Å². The molecular weight excluding hydrogens is 753 g/mol. The summed E-state index contributed by atoms with van der Waals surface area (Å²) in [6.45, 7) is 33.1. The summed E-state index contributed by atoms with van der Waals surface area (Å²) in [6.07, 6.45) is 29.5. The third-order valence-corrected chi connectivity index (χ3v) is 24.0. The Hall–Kier alpha value is -1.31. The molecular formula is C60H96O2. The first kappa shape index (κ1) is 45.8. The van der Waals surface area contributed by atoms with E-state index < -0.39 is 5.60 Å². The van der Waals surface area contributed by atoms with E-state index in [4.69, 9.17) is 4.74 Å². The fourth-order valence-electron chi connectivity index (χ4n) is 20.0. The van der Waals surface area contributed by atoms with Crippen molar-refractivity contribution in [3.8, 4) is 0 Å². The zero-order valence-corrected chi connectivity index (χ0v) is 42.9. The molecule has 0 unspecified atom stereocenters. The Bertz CT molecular complexity index is 1840. The van der Waals surface area contributed by atoms with Gasteiger partial charge in [0.1, 0.15) is 0 Å². The Morgan fingerprint density at radius 2 is 1.08 bits per heavy atom. The van der Waals surface area contributed by atoms with Crippen molar-refractivity contribution in [2.75, 3.05) is 0 Å². The lowest BCUT2D eigenvalue weighted by molar-refractivity contribution is -0.222. The number of hydrogen-bond acceptors (Lipinski definition) is 2. The van der Waals surface area contributed by atoms with E-state index in [2.05, 4.69) is 90.0 Å². The molecule has 1 spiro atoms. The number of rotatable bonds is 12. The van der Waals surface area contributed by atoms with Gasteiger partial charge in [0, 0.05) is 18.3 Å². The molecule has 348 valence electrons. The Labute approximate surface area is 382 Å². The number of ketones is 1. The topological polar surface area (TPSA) is 26.3 Å². The molecule has 2 nitrogen and oxygen atoms in total. The third-order valence-electron chi connectivity index (χ3n) is 24.0. The Morgan fingerprint density at radius 1 is 0.548 bits per heavy atom. The van der Waals surface area contributed by atoms with Gasteiger partial charge in [0.25, 0.3) is 0 Å². The predicted molar refractivity (Wildman–Crippen MR) is 260 cm³/mol. The van der Waals surface area contributed by atoms with Gasteiger partial charge < -0.3 is 4.74 Å². The maximum atomic E-state index is 14.6. The van der Waals surface area contributed by atoms with Crippen LogP contribution in [-0.4, -0.2) is 11.4 Å². The van der Waals surface area contributed by atoms with Crippen molar-refractivity contribution in [1.29, 1.82) is 0 Å². The lowest BCUT2D eigenvalue weighted by Crippen LogP contribution is -2.69. The van der Waals surface area contributed by atoms with Gasteiger partial charge in [-0.25, -0.2) is 0 Å². The second-order valence-electron chi connectivity index (χ2n) is 26.5. The van der Waals surface area contributed by atoms with Crippen LogP contribution in [-0.2, 0) is 9.53 Å². The molecule has 0 saturated heterocycles. The summed E-state index contributed by atoms with van der Waals surface area (Å²) in [4.78, 5) is 14.6. The van der Waals surface area contributed by atoms with Crippen LogP contribution in [0, 0.1) is 92.2 Å². The third kappa shape index (κ3) is 6.47. The lowest BCUT2D eigenvalue weighted by Gasteiger charge is -2.69. The summed E-state index contributed by atoms with van der Waals surface area (Å²) in [6, 6.07) is 0. The van der Waals surface area contributed by atoms with E-state index in [0.717, 1.165) is 78.9 Å². The minimum absolute atomic E-state index is 0.1000. The number of ether oxygens (including phenoxy) is 1. The minimum atomic E-state index is -0.682. The van der Waals surface area contributed by atoms with Crippen molar-refractivity contribution in [2.45, 2.75) is 243 Å². The molecule has 62 heavy (non-hydrogen) atoms. The first-order valence-corrected chi connectivity index (χ1v) is 27.7. The molecule has 1 aliphatic heterocycles. The van der Waals surface area contributed by atoms with E-state index in [1.54, 1.807) is 5.57 Å². The van der Waals surface area contributed by atoms with Crippen molar-refractivity contribution >= 4 is 5.78 Å². The molecule has 0 aromatic rings. The number of carbonyl (C=O) groups is 1. The zero-order valence-electron chi connectivity index (χ0n) is 42.9. The molecule has 0 aromatic heterocycles. The van der Waals surface area contributed by atoms with E-state index in [1.807, 2.05) is 22.3 Å². The van der Waals surface area contributed by atoms with Gasteiger partial charge in [-0.2, -0.15) is 0 Å². The molecule has 8 aliphatic carbocycles. The summed E-state index contributed by atoms with van der Waals surface area (Å²) in [7, 11) is 0. The number of Topliss-reactive ketones (excluding diaryl/α,β-unsaturated/α-hetero) is 1. The van der Waals surface area contributed by atoms with E-state index in [9.17, 15) is 4.79 Å². The predicted octanol–water partition coefficient (Wildman–Crippen LogP) is 17.2. The standard InChI is InChI=1S/C60H96O2/c1-14-41(37(3)4)18-16-39(7)46-22-24-48-43-20-21-50-45-36-60-35-26-44-49-25-23-47(40(8)17-19-42(15-2)38(5)6)56(49,10)32-28-52(44)58(60,12)34-30-54(61)59(60,13)62-53(45)29-33-57(50,11)51(43)27-31-55(46,48)9/h37-42,46-47,50-52H,14-36H2,1-13H3/t39-,40-,41-,42-,46-,47-,50+,51+,52+,55-,56-,57+,58-,59+,60-/m1/s1. The second kappa shape index (κ2) is 16.2. The van der Waals surface area contributed by atoms with Crippen LogP contribution in [0.5, 0.6) is 0 Å². The van der Waals surface area contributed by atoms with Crippen LogP contribution in [0.2, 0.25) is 0 Å². The van der Waals surface area contributed by atoms with Crippen LogP contribution >= 0.6 is 0 Å². The molecule has 1 heterocycles. The average Bonchev–Trinajstić information content (AvgIpc) is 3.78. The Morgan fingerprint density at radius 3 is 1.63 bits per heavy atom. The highest BCUT2D eigenvalue weighted by Crippen LogP contribution is 2.76. The van der Waals surface area contributed by atoms with Gasteiger partial charge >= 0.3 is 0 Å². The van der Waals surface area contributed by atoms with Gasteiger partial charge in [0.15, 0.2) is 11.4 Å². The molecule has 15 atom stereocenters. The van der Waals surface area contributed by atoms with E-state index in [0.29, 0.717) is 40.3 Å². The smallest absolute Gasteiger partial charge is 0.176 e. The van der Waals surface area contributed by atoms with Gasteiger partial charge in [-0.3, -0.25) is 4.79 Å². The normalized spacial score (nSPS) is 44.4. The quantitative estimate of drug-likeness (QED) is 0.183. The zero-order chi connectivity index (χ0) is 44.4. The van der Waals surface area contributed by atoms with Crippen LogP contribution < -0.4 is 0 Å². The molecule has 5 saturated carbocycles. The first-order chi connectivity index (χ1) is 29.3. The Kier molecular flexibility index (Phi) is 12.0. The lowest BCUT2D eigenvalue weighted by atomic mass is 9.37. The van der Waals surface area contributed by atoms with Crippen LogP contribution in [0.15, 0.2) is 33.6 Å². The first-order valence-electron chi connectivity index (χ1n) is 27.7. The number of hydrogen-bond donors (Lipinski definition) is 0. The van der Waals surface area contributed by atoms with Crippen molar-refractivity contribution < 1.29 is 9.53 Å². The van der Waals surface area contributed by atoms with Crippen LogP contribution in [0.3, 0.4) is 0 Å². The second-order valence-corrected chi connectivity index (χ2v) is 26.5. The molecule has 0 bridgehead atoms. The van der Waals surface area contributed by atoms with Gasteiger partial charge in [-0.15, -0.1) is 0 Å². The van der Waals surface area contributed by atoms with Gasteiger partial charge in [0.2, 0.25) is 0 Å². The fraction of sp³-hybridized carbons (Fsp3) is 0.883. The van der Waals surface area contributed by atoms with Crippen LogP contribution in [0.4, 0.5) is 0 Å². The monoisotopic (exact) mass is 849 g/mol. The maximum absolute atomic E-state index is 14.6. The average molecular weight is 849 g/mol. The molecule has 9 rings (SSSR count). The summed E-state index contributed by atoms with van der Waals surface area (Å²) >= 11 is 0. The summed E-state index contributed by atoms with van der Waals surface area (Å²) in [5.74, 6) is 10.3. The van der Waals surface area contributed by atoms with Crippen molar-refractivity contribution in [3.05, 3.63) is 33.6 Å². The largest absolute Gasteiger partial charge is 0.484 e. The summed E-state index contributed by atoms with van der Waals surface area (Å²) in [5.41, 5.74) is 9.81. The fourth-order valence-corrected chi connectivity index (χ4v) is 20.0. The highest BCUT2D eigenvalue weighted by atomic mass is 16.5. The molecule has 5 fully saturated rings. The van der Waals surface area contributed by atoms with Crippen LogP contribution in [0.1, 0.15) is 238 Å². The van der Waals surface area contributed by atoms with Gasteiger partial charge in [-0.05, 0) is 208 Å². The molecule has 0 amide bonds. The summed E-state index contributed by atoms with van der Waals surface area (Å²) < 4.78 is 7.55. The minimum Gasteiger partial charge on any atom is -0.484 e. The van der Waals surface area contributed by atoms with Crippen LogP contribution in [0.25, 0.3) is 0 Å². The van der Waals surface area contributed by atoms with Crippen molar-refractivity contribution in [1.82, 2.24) is 0 Å². The Balaban J connectivity index is 0.982. The van der Waals surface area contributed by atoms with Crippen molar-refractivity contribution in [2.24, 2.45) is 92.2 Å². The molecule has 0 aromatic carbocycles. The molecule has 0 N–H and O–H groups in total. The van der Waals surface area contributed by atoms with E-state index in [1.165, 1.54) is 121 Å². The number of carbonyl (C=O) groups excluding carboxylic acids is 1. The molecule has 0 radical (unpaired) electrons. The molecule has 9 aliphatic rings. The summed E-state index contributed by atoms with van der Waals surface area (Å²) in [5, 5.41) is 0. The maximum Gasteiger partial charge on any atom is 0.176 e. The highest BCUT2D eigenvalue weighted by molar-refractivity contribution is 5.90. The van der Waals surface area contributed by atoms with E-state index >= 15 is 0 Å².